The highest BCUT2D eigenvalue weighted by molar-refractivity contribution is 5.73. The smallest absolute Gasteiger partial charge is 0.162 e. The summed E-state index contributed by atoms with van der Waals surface area (Å²) in [6, 6.07) is 22.2. The van der Waals surface area contributed by atoms with E-state index >= 15 is 0 Å². The number of aromatic nitrogens is 3. The van der Waals surface area contributed by atoms with Crippen molar-refractivity contribution in [1.82, 2.24) is 15.0 Å². The molecule has 1 fully saturated rings. The number of morpholine rings is 1. The molecule has 3 heterocycles. The summed E-state index contributed by atoms with van der Waals surface area (Å²) in [6.45, 7) is 3.03. The van der Waals surface area contributed by atoms with Gasteiger partial charge in [0.2, 0.25) is 0 Å². The van der Waals surface area contributed by atoms with Crippen LogP contribution < -0.4 is 9.64 Å². The second kappa shape index (κ2) is 9.16. The van der Waals surface area contributed by atoms with Crippen molar-refractivity contribution in [2.75, 3.05) is 38.3 Å². The van der Waals surface area contributed by atoms with E-state index in [0.29, 0.717) is 19.0 Å². The highest BCUT2D eigenvalue weighted by atomic mass is 16.5. The molecule has 160 valence electrons. The lowest BCUT2D eigenvalue weighted by molar-refractivity contribution is 0.122. The molecule has 1 aliphatic rings. The third-order valence-electron chi connectivity index (χ3n) is 5.54. The standard InChI is InChI=1S/C26H24N4O2/c1-31-23-9-7-19(8-10-23)21-15-22(18-27-17-21)24-16-25(30-11-13-32-14-12-30)29-26(28-24)20-5-3-2-4-6-20/h2-10,15-18H,11-14H2,1H3. The van der Waals surface area contributed by atoms with Gasteiger partial charge < -0.3 is 14.4 Å². The number of nitrogens with zero attached hydrogens (tertiary/aromatic N) is 4. The van der Waals surface area contributed by atoms with Gasteiger partial charge in [-0.25, -0.2) is 9.97 Å². The maximum absolute atomic E-state index is 5.53. The predicted molar refractivity (Wildman–Crippen MR) is 126 cm³/mol. The van der Waals surface area contributed by atoms with Crippen molar-refractivity contribution in [3.05, 3.63) is 79.1 Å². The molecule has 2 aromatic carbocycles. The molecule has 2 aromatic heterocycles. The van der Waals surface area contributed by atoms with Crippen LogP contribution in [0.4, 0.5) is 5.82 Å². The van der Waals surface area contributed by atoms with Crippen LogP contribution in [0.25, 0.3) is 33.8 Å². The summed E-state index contributed by atoms with van der Waals surface area (Å²) < 4.78 is 10.8. The normalized spacial score (nSPS) is 13.7. The van der Waals surface area contributed by atoms with Crippen molar-refractivity contribution in [3.8, 4) is 39.5 Å². The van der Waals surface area contributed by atoms with Gasteiger partial charge in [0, 0.05) is 48.2 Å². The molecule has 0 bridgehead atoms. The van der Waals surface area contributed by atoms with Crippen LogP contribution >= 0.6 is 0 Å². The van der Waals surface area contributed by atoms with Crippen LogP contribution in [0.5, 0.6) is 5.75 Å². The minimum Gasteiger partial charge on any atom is -0.497 e. The second-order valence-electron chi connectivity index (χ2n) is 7.59. The zero-order valence-corrected chi connectivity index (χ0v) is 17.9. The molecule has 0 aliphatic carbocycles. The first-order valence-electron chi connectivity index (χ1n) is 10.7. The molecule has 0 unspecified atom stereocenters. The number of rotatable bonds is 5. The van der Waals surface area contributed by atoms with Crippen molar-refractivity contribution in [2.24, 2.45) is 0 Å². The summed E-state index contributed by atoms with van der Waals surface area (Å²) in [4.78, 5) is 16.5. The average molecular weight is 425 g/mol. The van der Waals surface area contributed by atoms with Crippen LogP contribution in [0.2, 0.25) is 0 Å². The molecular formula is C26H24N4O2. The Balaban J connectivity index is 1.57. The number of anilines is 1. The van der Waals surface area contributed by atoms with Crippen LogP contribution in [-0.4, -0.2) is 48.4 Å². The zero-order valence-electron chi connectivity index (χ0n) is 17.9. The molecule has 0 radical (unpaired) electrons. The highest BCUT2D eigenvalue weighted by Crippen LogP contribution is 2.29. The summed E-state index contributed by atoms with van der Waals surface area (Å²) in [5.74, 6) is 2.45. The molecule has 0 N–H and O–H groups in total. The Morgan fingerprint density at radius 1 is 0.781 bits per heavy atom. The zero-order chi connectivity index (χ0) is 21.8. The molecule has 0 atom stereocenters. The Bertz CT molecular complexity index is 1190. The van der Waals surface area contributed by atoms with E-state index in [2.05, 4.69) is 16.0 Å². The van der Waals surface area contributed by atoms with Crippen LogP contribution in [0.1, 0.15) is 0 Å². The Labute approximate surface area is 187 Å². The summed E-state index contributed by atoms with van der Waals surface area (Å²) in [5, 5.41) is 0. The molecule has 1 aliphatic heterocycles. The minimum absolute atomic E-state index is 0.703. The fraction of sp³-hybridized carbons (Fsp3) is 0.192. The fourth-order valence-electron chi connectivity index (χ4n) is 3.77. The number of hydrogen-bond acceptors (Lipinski definition) is 6. The lowest BCUT2D eigenvalue weighted by Gasteiger charge is -2.28. The lowest BCUT2D eigenvalue weighted by atomic mass is 10.0. The van der Waals surface area contributed by atoms with Crippen molar-refractivity contribution in [2.45, 2.75) is 0 Å². The topological polar surface area (TPSA) is 60.4 Å². The van der Waals surface area contributed by atoms with Crippen LogP contribution in [0.15, 0.2) is 79.1 Å². The number of benzene rings is 2. The second-order valence-corrected chi connectivity index (χ2v) is 7.59. The maximum Gasteiger partial charge on any atom is 0.162 e. The van der Waals surface area contributed by atoms with Gasteiger partial charge in [0.05, 0.1) is 26.0 Å². The van der Waals surface area contributed by atoms with Crippen molar-refractivity contribution >= 4 is 5.82 Å². The summed E-state index contributed by atoms with van der Waals surface area (Å²) >= 11 is 0. The molecule has 6 heteroatoms. The molecule has 6 nitrogen and oxygen atoms in total. The predicted octanol–water partition coefficient (Wildman–Crippen LogP) is 4.72. The minimum atomic E-state index is 0.703. The molecule has 32 heavy (non-hydrogen) atoms. The Morgan fingerprint density at radius 2 is 1.53 bits per heavy atom. The van der Waals surface area contributed by atoms with Gasteiger partial charge in [0.15, 0.2) is 5.82 Å². The summed E-state index contributed by atoms with van der Waals surface area (Å²) in [5.41, 5.74) is 4.89. The molecular weight excluding hydrogens is 400 g/mol. The third kappa shape index (κ3) is 4.31. The van der Waals surface area contributed by atoms with Gasteiger partial charge in [0.1, 0.15) is 11.6 Å². The first kappa shape index (κ1) is 20.2. The third-order valence-corrected chi connectivity index (χ3v) is 5.54. The summed E-state index contributed by atoms with van der Waals surface area (Å²) in [7, 11) is 1.67. The van der Waals surface area contributed by atoms with E-state index in [1.165, 1.54) is 0 Å². The van der Waals surface area contributed by atoms with Crippen molar-refractivity contribution in [1.29, 1.82) is 0 Å². The van der Waals surface area contributed by atoms with Gasteiger partial charge in [-0.15, -0.1) is 0 Å². The lowest BCUT2D eigenvalue weighted by Crippen LogP contribution is -2.36. The van der Waals surface area contributed by atoms with Gasteiger partial charge in [-0.2, -0.15) is 0 Å². The van der Waals surface area contributed by atoms with Crippen molar-refractivity contribution in [3.63, 3.8) is 0 Å². The van der Waals surface area contributed by atoms with E-state index in [1.54, 1.807) is 7.11 Å². The van der Waals surface area contributed by atoms with E-state index in [-0.39, 0.29) is 0 Å². The van der Waals surface area contributed by atoms with Crippen LogP contribution in [-0.2, 0) is 4.74 Å². The molecule has 0 spiro atoms. The number of hydrogen-bond donors (Lipinski definition) is 0. The largest absolute Gasteiger partial charge is 0.497 e. The Morgan fingerprint density at radius 3 is 2.28 bits per heavy atom. The first-order valence-corrected chi connectivity index (χ1v) is 10.7. The molecule has 0 amide bonds. The van der Waals surface area contributed by atoms with Gasteiger partial charge in [-0.3, -0.25) is 4.98 Å². The van der Waals surface area contributed by atoms with Gasteiger partial charge in [-0.1, -0.05) is 42.5 Å². The van der Waals surface area contributed by atoms with Gasteiger partial charge in [-0.05, 0) is 23.8 Å². The quantitative estimate of drug-likeness (QED) is 0.462. The van der Waals surface area contributed by atoms with Crippen LogP contribution in [0.3, 0.4) is 0 Å². The first-order chi connectivity index (χ1) is 15.8. The number of ether oxygens (including phenoxy) is 2. The number of pyridine rings is 1. The molecule has 1 saturated heterocycles. The van der Waals surface area contributed by atoms with E-state index in [0.717, 1.165) is 52.6 Å². The molecule has 0 saturated carbocycles. The van der Waals surface area contributed by atoms with E-state index < -0.39 is 0 Å². The average Bonchev–Trinajstić information content (AvgIpc) is 2.89. The Hall–Kier alpha value is -3.77. The van der Waals surface area contributed by atoms with E-state index in [1.807, 2.05) is 73.1 Å². The maximum atomic E-state index is 5.53. The van der Waals surface area contributed by atoms with Crippen molar-refractivity contribution < 1.29 is 9.47 Å². The monoisotopic (exact) mass is 424 g/mol. The SMILES string of the molecule is COc1ccc(-c2cncc(-c3cc(N4CCOCC4)nc(-c4ccccc4)n3)c2)cc1. The van der Waals surface area contributed by atoms with E-state index in [4.69, 9.17) is 19.4 Å². The van der Waals surface area contributed by atoms with Gasteiger partial charge in [0.25, 0.3) is 0 Å². The fourth-order valence-corrected chi connectivity index (χ4v) is 3.77. The Kier molecular flexibility index (Phi) is 5.77. The molecule has 4 aromatic rings. The molecule has 5 rings (SSSR count). The van der Waals surface area contributed by atoms with Crippen LogP contribution in [0, 0.1) is 0 Å². The van der Waals surface area contributed by atoms with E-state index in [9.17, 15) is 0 Å². The summed E-state index contributed by atoms with van der Waals surface area (Å²) in [6.07, 6.45) is 3.72. The van der Waals surface area contributed by atoms with Gasteiger partial charge >= 0.3 is 0 Å². The highest BCUT2D eigenvalue weighted by Gasteiger charge is 2.17. The number of methoxy groups -OCH3 is 1.